The molecule has 1 aromatic heterocycles. The Balaban J connectivity index is 2.49. The van der Waals surface area contributed by atoms with E-state index in [4.69, 9.17) is 9.78 Å². The molecule has 0 aromatic carbocycles. The summed E-state index contributed by atoms with van der Waals surface area (Å²) in [5.74, 6) is -0.0698. The predicted molar refractivity (Wildman–Crippen MR) is 47.2 cm³/mol. The highest BCUT2D eigenvalue weighted by Gasteiger charge is 2.27. The first-order valence-corrected chi connectivity index (χ1v) is 4.68. The molecule has 1 atom stereocenters. The van der Waals surface area contributed by atoms with Gasteiger partial charge in [-0.25, -0.2) is 0 Å². The fourth-order valence-corrected chi connectivity index (χ4v) is 1.04. The Morgan fingerprint density at radius 2 is 2.19 bits per heavy atom. The molecule has 0 spiro atoms. The lowest BCUT2D eigenvalue weighted by Gasteiger charge is -2.01. The molecule has 88 valence electrons. The smallest absolute Gasteiger partial charge is 0.339 e. The van der Waals surface area contributed by atoms with Crippen molar-refractivity contribution < 1.29 is 17.7 Å². The molecule has 0 aliphatic carbocycles. The Labute approximate surface area is 90.1 Å². The van der Waals surface area contributed by atoms with Gasteiger partial charge in [0.2, 0.25) is 5.89 Å². The number of alkyl halides is 3. The lowest BCUT2D eigenvalue weighted by atomic mass is 10.1. The predicted octanol–water partition coefficient (Wildman–Crippen LogP) is 2.27. The van der Waals surface area contributed by atoms with Crippen LogP contribution in [-0.4, -0.2) is 16.3 Å². The van der Waals surface area contributed by atoms with Gasteiger partial charge in [0.25, 0.3) is 0 Å². The molecule has 0 aliphatic heterocycles. The first-order chi connectivity index (χ1) is 7.40. The second kappa shape index (κ2) is 4.96. The van der Waals surface area contributed by atoms with Crippen molar-refractivity contribution in [2.45, 2.75) is 32.4 Å². The van der Waals surface area contributed by atoms with Gasteiger partial charge in [-0.05, 0) is 6.92 Å². The third-order valence-electron chi connectivity index (χ3n) is 1.84. The van der Waals surface area contributed by atoms with E-state index in [1.165, 1.54) is 0 Å². The van der Waals surface area contributed by atoms with Crippen LogP contribution in [0, 0.1) is 17.2 Å². The Morgan fingerprint density at radius 3 is 2.75 bits per heavy atom. The second-order valence-corrected chi connectivity index (χ2v) is 3.45. The van der Waals surface area contributed by atoms with E-state index < -0.39 is 12.6 Å². The lowest BCUT2D eigenvalue weighted by molar-refractivity contribution is -0.134. The molecule has 0 saturated heterocycles. The maximum Gasteiger partial charge on any atom is 0.389 e. The van der Waals surface area contributed by atoms with Crippen LogP contribution in [0.4, 0.5) is 13.2 Å². The topological polar surface area (TPSA) is 62.7 Å². The Kier molecular flexibility index (Phi) is 3.88. The van der Waals surface area contributed by atoms with Crippen molar-refractivity contribution in [3.8, 4) is 6.07 Å². The minimum absolute atomic E-state index is 0.0254. The zero-order valence-electron chi connectivity index (χ0n) is 8.58. The van der Waals surface area contributed by atoms with Crippen LogP contribution in [0.1, 0.15) is 25.1 Å². The van der Waals surface area contributed by atoms with Crippen LogP contribution in [0.3, 0.4) is 0 Å². The second-order valence-electron chi connectivity index (χ2n) is 3.45. The minimum atomic E-state index is -4.22. The summed E-state index contributed by atoms with van der Waals surface area (Å²) in [5.41, 5.74) is 0. The molecule has 0 N–H and O–H groups in total. The fourth-order valence-electron chi connectivity index (χ4n) is 1.04. The monoisotopic (exact) mass is 233 g/mol. The van der Waals surface area contributed by atoms with Crippen LogP contribution in [0.5, 0.6) is 0 Å². The molecule has 0 amide bonds. The zero-order chi connectivity index (χ0) is 12.2. The molecule has 0 saturated carbocycles. The highest BCUT2D eigenvalue weighted by atomic mass is 19.4. The van der Waals surface area contributed by atoms with Gasteiger partial charge >= 0.3 is 6.18 Å². The quantitative estimate of drug-likeness (QED) is 0.800. The summed E-state index contributed by atoms with van der Waals surface area (Å²) in [6.07, 6.45) is -5.23. The van der Waals surface area contributed by atoms with Crippen molar-refractivity contribution in [2.24, 2.45) is 5.92 Å². The van der Waals surface area contributed by atoms with E-state index in [0.717, 1.165) is 0 Å². The van der Waals surface area contributed by atoms with Gasteiger partial charge in [0, 0.05) is 12.8 Å². The molecule has 1 aromatic rings. The molecule has 16 heavy (non-hydrogen) atoms. The maximum atomic E-state index is 11.9. The normalized spacial score (nSPS) is 13.4. The number of nitriles is 1. The third kappa shape index (κ3) is 4.29. The van der Waals surface area contributed by atoms with Gasteiger partial charge in [0.1, 0.15) is 0 Å². The lowest BCUT2D eigenvalue weighted by Crippen LogP contribution is -2.09. The highest BCUT2D eigenvalue weighted by Crippen LogP contribution is 2.21. The Morgan fingerprint density at radius 1 is 1.50 bits per heavy atom. The molecule has 1 unspecified atom stereocenters. The van der Waals surface area contributed by atoms with Crippen LogP contribution in [-0.2, 0) is 12.8 Å². The van der Waals surface area contributed by atoms with Crippen molar-refractivity contribution in [3.05, 3.63) is 11.7 Å². The van der Waals surface area contributed by atoms with Crippen molar-refractivity contribution in [1.29, 1.82) is 5.26 Å². The number of hydrogen-bond acceptors (Lipinski definition) is 4. The van der Waals surface area contributed by atoms with Crippen LogP contribution in [0.25, 0.3) is 0 Å². The van der Waals surface area contributed by atoms with E-state index in [1.54, 1.807) is 6.92 Å². The van der Waals surface area contributed by atoms with Crippen LogP contribution < -0.4 is 0 Å². The summed E-state index contributed by atoms with van der Waals surface area (Å²) >= 11 is 0. The number of nitrogens with zero attached hydrogens (tertiary/aromatic N) is 3. The van der Waals surface area contributed by atoms with Crippen molar-refractivity contribution in [1.82, 2.24) is 10.1 Å². The molecule has 0 radical (unpaired) electrons. The van der Waals surface area contributed by atoms with E-state index in [9.17, 15) is 13.2 Å². The molecule has 0 bridgehead atoms. The van der Waals surface area contributed by atoms with E-state index in [2.05, 4.69) is 10.1 Å². The summed E-state index contributed by atoms with van der Waals surface area (Å²) in [6.45, 7) is 1.67. The van der Waals surface area contributed by atoms with Gasteiger partial charge in [0.05, 0.1) is 18.4 Å². The van der Waals surface area contributed by atoms with Gasteiger partial charge < -0.3 is 4.52 Å². The van der Waals surface area contributed by atoms with E-state index in [-0.39, 0.29) is 30.5 Å². The largest absolute Gasteiger partial charge is 0.389 e. The van der Waals surface area contributed by atoms with E-state index >= 15 is 0 Å². The fraction of sp³-hybridized carbons (Fsp3) is 0.667. The number of halogens is 3. The highest BCUT2D eigenvalue weighted by molar-refractivity contribution is 4.92. The summed E-state index contributed by atoms with van der Waals surface area (Å²) in [6, 6.07) is 1.97. The molecular weight excluding hydrogens is 223 g/mol. The van der Waals surface area contributed by atoms with Gasteiger partial charge in [-0.3, -0.25) is 0 Å². The third-order valence-corrected chi connectivity index (χ3v) is 1.84. The van der Waals surface area contributed by atoms with Crippen LogP contribution >= 0.6 is 0 Å². The number of aromatic nitrogens is 2. The van der Waals surface area contributed by atoms with Crippen molar-refractivity contribution >= 4 is 0 Å². The Bertz CT molecular complexity index is 380. The molecular formula is C9H10F3N3O. The molecule has 0 aliphatic rings. The average molecular weight is 233 g/mol. The maximum absolute atomic E-state index is 11.9. The zero-order valence-corrected chi connectivity index (χ0v) is 8.58. The standard InChI is InChI=1S/C9H10F3N3O/c1-6(5-13)4-8-14-7(15-16-8)2-3-9(10,11)12/h6H,2-4H2,1H3. The number of hydrogen-bond donors (Lipinski definition) is 0. The number of aryl methyl sites for hydroxylation is 1. The number of rotatable bonds is 4. The van der Waals surface area contributed by atoms with Gasteiger partial charge in [-0.15, -0.1) is 0 Å². The average Bonchev–Trinajstić information content (AvgIpc) is 2.61. The van der Waals surface area contributed by atoms with Gasteiger partial charge in [-0.1, -0.05) is 5.16 Å². The summed E-state index contributed by atoms with van der Waals surface area (Å²) in [5, 5.41) is 11.9. The van der Waals surface area contributed by atoms with Crippen molar-refractivity contribution in [3.63, 3.8) is 0 Å². The molecule has 4 nitrogen and oxygen atoms in total. The molecule has 7 heteroatoms. The van der Waals surface area contributed by atoms with Crippen molar-refractivity contribution in [2.75, 3.05) is 0 Å². The minimum Gasteiger partial charge on any atom is -0.339 e. The Hall–Kier alpha value is -1.58. The van der Waals surface area contributed by atoms with Crippen LogP contribution in [0.15, 0.2) is 4.52 Å². The summed E-state index contributed by atoms with van der Waals surface area (Å²) in [7, 11) is 0. The molecule has 1 rings (SSSR count). The molecule has 0 fully saturated rings. The first-order valence-electron chi connectivity index (χ1n) is 4.68. The SMILES string of the molecule is CC(C#N)Cc1nc(CCC(F)(F)F)no1. The van der Waals surface area contributed by atoms with Gasteiger partial charge in [0.15, 0.2) is 5.82 Å². The first kappa shape index (κ1) is 12.5. The van der Waals surface area contributed by atoms with Gasteiger partial charge in [-0.2, -0.15) is 23.4 Å². The molecule has 1 heterocycles. The van der Waals surface area contributed by atoms with E-state index in [1.807, 2.05) is 6.07 Å². The summed E-state index contributed by atoms with van der Waals surface area (Å²) in [4.78, 5) is 3.77. The van der Waals surface area contributed by atoms with E-state index in [0.29, 0.717) is 0 Å². The summed E-state index contributed by atoms with van der Waals surface area (Å²) < 4.78 is 40.4. The van der Waals surface area contributed by atoms with Crippen LogP contribution in [0.2, 0.25) is 0 Å².